The largest absolute Gasteiger partial charge is 0.348 e. The van der Waals surface area contributed by atoms with E-state index in [1.165, 1.54) is 29.2 Å². The molecule has 36 heavy (non-hydrogen) atoms. The number of carbonyl (C=O) groups is 3. The number of rotatable bonds is 9. The first-order valence-electron chi connectivity index (χ1n) is 10.9. The van der Waals surface area contributed by atoms with Crippen LogP contribution in [0.4, 0.5) is 11.4 Å². The van der Waals surface area contributed by atoms with Crippen LogP contribution >= 0.6 is 0 Å². The summed E-state index contributed by atoms with van der Waals surface area (Å²) in [5.74, 6) is -1.28. The highest BCUT2D eigenvalue weighted by Gasteiger charge is 2.22. The van der Waals surface area contributed by atoms with Crippen molar-refractivity contribution in [1.82, 2.24) is 15.2 Å². The van der Waals surface area contributed by atoms with E-state index in [2.05, 4.69) is 15.6 Å². The van der Waals surface area contributed by atoms with Crippen LogP contribution < -0.4 is 14.9 Å². The Morgan fingerprint density at radius 2 is 1.64 bits per heavy atom. The Morgan fingerprint density at radius 3 is 2.25 bits per heavy atom. The topological polar surface area (TPSA) is 129 Å². The molecule has 0 fully saturated rings. The normalized spacial score (nSPS) is 10.9. The molecule has 0 aliphatic heterocycles. The fourth-order valence-corrected chi connectivity index (χ4v) is 4.18. The van der Waals surface area contributed by atoms with Crippen molar-refractivity contribution in [3.8, 4) is 0 Å². The molecular formula is C25H27N5O5S. The Bertz CT molecular complexity index is 1340. The van der Waals surface area contributed by atoms with Gasteiger partial charge in [0.1, 0.15) is 6.54 Å². The zero-order valence-electron chi connectivity index (χ0n) is 20.1. The molecule has 0 unspecified atom stereocenters. The van der Waals surface area contributed by atoms with Gasteiger partial charge in [0.25, 0.3) is 11.8 Å². The number of anilines is 2. The van der Waals surface area contributed by atoms with E-state index in [0.717, 1.165) is 16.1 Å². The van der Waals surface area contributed by atoms with Crippen LogP contribution in [0.2, 0.25) is 0 Å². The second kappa shape index (κ2) is 11.5. The average molecular weight is 510 g/mol. The van der Waals surface area contributed by atoms with Crippen molar-refractivity contribution in [3.05, 3.63) is 89.7 Å². The molecule has 3 aromatic rings. The Morgan fingerprint density at radius 1 is 0.944 bits per heavy atom. The minimum absolute atomic E-state index is 0.227. The van der Waals surface area contributed by atoms with Crippen LogP contribution in [0.3, 0.4) is 0 Å². The number of nitrogens with one attached hydrogen (secondary N) is 2. The number of hydrogen-bond donors (Lipinski definition) is 2. The second-order valence-electron chi connectivity index (χ2n) is 8.15. The van der Waals surface area contributed by atoms with Gasteiger partial charge in [0.05, 0.1) is 23.2 Å². The van der Waals surface area contributed by atoms with Crippen molar-refractivity contribution < 1.29 is 22.8 Å². The summed E-state index contributed by atoms with van der Waals surface area (Å²) in [6, 6.07) is 15.9. The van der Waals surface area contributed by atoms with Crippen molar-refractivity contribution in [2.24, 2.45) is 0 Å². The molecule has 0 atom stereocenters. The van der Waals surface area contributed by atoms with Crippen LogP contribution in [-0.2, 0) is 21.4 Å². The molecule has 0 saturated heterocycles. The first kappa shape index (κ1) is 26.4. The van der Waals surface area contributed by atoms with E-state index in [1.54, 1.807) is 56.8 Å². The molecule has 3 rings (SSSR count). The number of amides is 3. The Kier molecular flexibility index (Phi) is 8.38. The Labute approximate surface area is 210 Å². The van der Waals surface area contributed by atoms with Crippen LogP contribution in [0.5, 0.6) is 0 Å². The minimum Gasteiger partial charge on any atom is -0.348 e. The maximum absolute atomic E-state index is 12.8. The summed E-state index contributed by atoms with van der Waals surface area (Å²) >= 11 is 0. The summed E-state index contributed by atoms with van der Waals surface area (Å²) in [7, 11) is -0.606. The molecule has 2 aromatic carbocycles. The summed E-state index contributed by atoms with van der Waals surface area (Å²) in [6.45, 7) is -0.269. The van der Waals surface area contributed by atoms with E-state index in [-0.39, 0.29) is 29.4 Å². The fourth-order valence-electron chi connectivity index (χ4n) is 3.32. The van der Waals surface area contributed by atoms with E-state index in [9.17, 15) is 22.8 Å². The zero-order valence-corrected chi connectivity index (χ0v) is 21.0. The number of para-hydroxylation sites is 1. The number of hydrogen-bond acceptors (Lipinski definition) is 6. The minimum atomic E-state index is -3.83. The quantitative estimate of drug-likeness (QED) is 0.455. The second-order valence-corrected chi connectivity index (χ2v) is 10.1. The van der Waals surface area contributed by atoms with Gasteiger partial charge in [-0.25, -0.2) is 8.42 Å². The standard InChI is InChI=1S/C25H27N5O5S/c1-29(2)25(33)19-10-12-20(13-11-19)30(36(3,34)35)17-23(31)28-22-9-5-4-8-21(22)24(32)27-16-18-7-6-14-26-15-18/h4-15H,16-17H2,1-3H3,(H,27,32)(H,28,31). The van der Waals surface area contributed by atoms with Gasteiger partial charge in [0.2, 0.25) is 15.9 Å². The first-order valence-corrected chi connectivity index (χ1v) is 12.8. The zero-order chi connectivity index (χ0) is 26.3. The maximum atomic E-state index is 12.8. The molecule has 0 spiro atoms. The van der Waals surface area contributed by atoms with E-state index >= 15 is 0 Å². The first-order chi connectivity index (χ1) is 17.1. The van der Waals surface area contributed by atoms with Crippen LogP contribution in [0, 0.1) is 0 Å². The van der Waals surface area contributed by atoms with Crippen molar-refractivity contribution in [2.45, 2.75) is 6.54 Å². The maximum Gasteiger partial charge on any atom is 0.253 e. The summed E-state index contributed by atoms with van der Waals surface area (Å²) in [6.07, 6.45) is 4.25. The molecule has 10 nitrogen and oxygen atoms in total. The third-order valence-electron chi connectivity index (χ3n) is 5.12. The van der Waals surface area contributed by atoms with Gasteiger partial charge in [-0.1, -0.05) is 18.2 Å². The highest BCUT2D eigenvalue weighted by atomic mass is 32.2. The summed E-state index contributed by atoms with van der Waals surface area (Å²) in [5, 5.41) is 5.40. The number of aromatic nitrogens is 1. The van der Waals surface area contributed by atoms with Crippen LogP contribution in [-0.4, -0.2) is 62.9 Å². The SMILES string of the molecule is CN(C)C(=O)c1ccc(N(CC(=O)Nc2ccccc2C(=O)NCc2cccnc2)S(C)(=O)=O)cc1. The molecule has 0 aliphatic rings. The number of nitrogens with zero attached hydrogens (tertiary/aromatic N) is 3. The highest BCUT2D eigenvalue weighted by Crippen LogP contribution is 2.20. The third kappa shape index (κ3) is 6.89. The summed E-state index contributed by atoms with van der Waals surface area (Å²) in [4.78, 5) is 43.1. The lowest BCUT2D eigenvalue weighted by Crippen LogP contribution is -2.37. The summed E-state index contributed by atoms with van der Waals surface area (Å²) in [5.41, 5.74) is 1.89. The van der Waals surface area contributed by atoms with E-state index in [4.69, 9.17) is 0 Å². The van der Waals surface area contributed by atoms with Crippen molar-refractivity contribution in [2.75, 3.05) is 36.5 Å². The molecular weight excluding hydrogens is 482 g/mol. The summed E-state index contributed by atoms with van der Waals surface area (Å²) < 4.78 is 25.8. The smallest absolute Gasteiger partial charge is 0.253 e. The van der Waals surface area contributed by atoms with Gasteiger partial charge < -0.3 is 15.5 Å². The Hall–Kier alpha value is -4.25. The third-order valence-corrected chi connectivity index (χ3v) is 6.26. The van der Waals surface area contributed by atoms with Gasteiger partial charge in [0, 0.05) is 38.6 Å². The van der Waals surface area contributed by atoms with E-state index in [0.29, 0.717) is 5.56 Å². The number of benzene rings is 2. The molecule has 1 heterocycles. The molecule has 2 N–H and O–H groups in total. The van der Waals surface area contributed by atoms with Crippen LogP contribution in [0.1, 0.15) is 26.3 Å². The highest BCUT2D eigenvalue weighted by molar-refractivity contribution is 7.92. The molecule has 0 bridgehead atoms. The number of carbonyl (C=O) groups excluding carboxylic acids is 3. The monoisotopic (exact) mass is 509 g/mol. The molecule has 188 valence electrons. The van der Waals surface area contributed by atoms with Gasteiger partial charge in [-0.05, 0) is 48.0 Å². The molecule has 0 aliphatic carbocycles. The van der Waals surface area contributed by atoms with Crippen molar-refractivity contribution in [3.63, 3.8) is 0 Å². The lowest BCUT2D eigenvalue weighted by molar-refractivity contribution is -0.114. The lowest BCUT2D eigenvalue weighted by atomic mass is 10.1. The molecule has 0 radical (unpaired) electrons. The van der Waals surface area contributed by atoms with Crippen molar-refractivity contribution >= 4 is 39.1 Å². The van der Waals surface area contributed by atoms with Crippen LogP contribution in [0.25, 0.3) is 0 Å². The van der Waals surface area contributed by atoms with Crippen LogP contribution in [0.15, 0.2) is 73.1 Å². The van der Waals surface area contributed by atoms with Gasteiger partial charge in [-0.3, -0.25) is 23.7 Å². The Balaban J connectivity index is 1.74. The predicted molar refractivity (Wildman–Crippen MR) is 137 cm³/mol. The predicted octanol–water partition coefficient (Wildman–Crippen LogP) is 2.12. The average Bonchev–Trinajstić information content (AvgIpc) is 2.86. The van der Waals surface area contributed by atoms with Gasteiger partial charge in [0.15, 0.2) is 0 Å². The number of sulfonamides is 1. The van der Waals surface area contributed by atoms with E-state index in [1.807, 2.05) is 6.07 Å². The van der Waals surface area contributed by atoms with Gasteiger partial charge >= 0.3 is 0 Å². The molecule has 11 heteroatoms. The van der Waals surface area contributed by atoms with Crippen molar-refractivity contribution in [1.29, 1.82) is 0 Å². The van der Waals surface area contributed by atoms with E-state index < -0.39 is 28.4 Å². The fraction of sp³-hybridized carbons (Fsp3) is 0.200. The van der Waals surface area contributed by atoms with Gasteiger partial charge in [-0.2, -0.15) is 0 Å². The lowest BCUT2D eigenvalue weighted by Gasteiger charge is -2.22. The molecule has 3 amide bonds. The number of pyridine rings is 1. The molecule has 1 aromatic heterocycles. The molecule has 0 saturated carbocycles. The van der Waals surface area contributed by atoms with Gasteiger partial charge in [-0.15, -0.1) is 0 Å².